The van der Waals surface area contributed by atoms with E-state index in [-0.39, 0.29) is 23.8 Å². The van der Waals surface area contributed by atoms with Crippen LogP contribution in [0.15, 0.2) is 47.4 Å². The van der Waals surface area contributed by atoms with Gasteiger partial charge in [0.2, 0.25) is 0 Å². The molecule has 172 valence electrons. The van der Waals surface area contributed by atoms with Crippen LogP contribution < -0.4 is 14.2 Å². The molecule has 2 N–H and O–H groups in total. The highest BCUT2D eigenvalue weighted by Crippen LogP contribution is 2.47. The van der Waals surface area contributed by atoms with Gasteiger partial charge in [0.15, 0.2) is 0 Å². The average Bonchev–Trinajstić information content (AvgIpc) is 3.16. The third kappa shape index (κ3) is 4.38. The number of benzene rings is 2. The molecular weight excluding hydrogens is 438 g/mol. The smallest absolute Gasteiger partial charge is 0.308 e. The molecule has 2 heterocycles. The van der Waals surface area contributed by atoms with E-state index in [0.29, 0.717) is 23.6 Å². The summed E-state index contributed by atoms with van der Waals surface area (Å²) in [6.45, 7) is -0.262. The number of anilines is 1. The van der Waals surface area contributed by atoms with Gasteiger partial charge in [-0.3, -0.25) is 9.52 Å². The monoisotopic (exact) mass is 463 g/mol. The minimum atomic E-state index is -3.83. The summed E-state index contributed by atoms with van der Waals surface area (Å²) in [5, 5.41) is 9.78. The molecular formula is C22H25NO8S. The normalized spacial score (nSPS) is 24.1. The molecule has 4 atom stereocenters. The zero-order valence-corrected chi connectivity index (χ0v) is 18.5. The number of nitrogens with one attached hydrogen (secondary N) is 1. The van der Waals surface area contributed by atoms with Crippen molar-refractivity contribution in [2.75, 3.05) is 25.5 Å². The molecule has 10 heteroatoms. The maximum atomic E-state index is 12.9. The second kappa shape index (κ2) is 8.97. The van der Waals surface area contributed by atoms with E-state index in [1.807, 2.05) is 0 Å². The number of rotatable bonds is 7. The first-order chi connectivity index (χ1) is 15.3. The SMILES string of the molecule is COC(=O)C[C@H]1C[C@@H]2c3cc(NS(=O)(=O)c4cccc(OC)c4)ccc3O[C@@H]2[C@H](CO)O1. The molecule has 9 nitrogen and oxygen atoms in total. The molecule has 2 aromatic rings. The number of aliphatic hydroxyl groups excluding tert-OH is 1. The van der Waals surface area contributed by atoms with E-state index in [0.717, 1.165) is 5.56 Å². The van der Waals surface area contributed by atoms with Crippen LogP contribution in [0, 0.1) is 0 Å². The van der Waals surface area contributed by atoms with Crippen LogP contribution in [-0.4, -0.2) is 58.6 Å². The second-order valence-corrected chi connectivity index (χ2v) is 9.40. The van der Waals surface area contributed by atoms with Gasteiger partial charge in [-0.25, -0.2) is 8.42 Å². The third-order valence-electron chi connectivity index (χ3n) is 5.73. The Morgan fingerprint density at radius 3 is 2.75 bits per heavy atom. The molecule has 4 rings (SSSR count). The maximum Gasteiger partial charge on any atom is 0.308 e. The first-order valence-electron chi connectivity index (χ1n) is 10.1. The topological polar surface area (TPSA) is 120 Å². The zero-order chi connectivity index (χ0) is 22.9. The molecule has 2 aliphatic rings. The van der Waals surface area contributed by atoms with Crippen molar-refractivity contribution in [2.24, 2.45) is 0 Å². The van der Waals surface area contributed by atoms with Crippen LogP contribution in [0.2, 0.25) is 0 Å². The molecule has 0 amide bonds. The predicted molar refractivity (Wildman–Crippen MR) is 114 cm³/mol. The highest BCUT2D eigenvalue weighted by atomic mass is 32.2. The predicted octanol–water partition coefficient (Wildman–Crippen LogP) is 2.05. The van der Waals surface area contributed by atoms with Gasteiger partial charge in [-0.05, 0) is 36.8 Å². The Labute approximate surface area is 186 Å². The van der Waals surface area contributed by atoms with Crippen molar-refractivity contribution in [1.82, 2.24) is 0 Å². The van der Waals surface area contributed by atoms with E-state index in [2.05, 4.69) is 4.72 Å². The van der Waals surface area contributed by atoms with Gasteiger partial charge in [0.05, 0.1) is 38.2 Å². The van der Waals surface area contributed by atoms with Crippen LogP contribution in [0.4, 0.5) is 5.69 Å². The van der Waals surface area contributed by atoms with Crippen LogP contribution in [0.5, 0.6) is 11.5 Å². The highest BCUT2D eigenvalue weighted by Gasteiger charge is 2.46. The van der Waals surface area contributed by atoms with Crippen LogP contribution in [-0.2, 0) is 24.3 Å². The van der Waals surface area contributed by atoms with Crippen LogP contribution in [0.3, 0.4) is 0 Å². The van der Waals surface area contributed by atoms with Crippen molar-refractivity contribution < 1.29 is 37.3 Å². The molecule has 0 unspecified atom stereocenters. The fourth-order valence-corrected chi connectivity index (χ4v) is 5.29. The lowest BCUT2D eigenvalue weighted by Gasteiger charge is -2.36. The van der Waals surface area contributed by atoms with Gasteiger partial charge in [-0.1, -0.05) is 6.07 Å². The van der Waals surface area contributed by atoms with Crippen LogP contribution in [0.25, 0.3) is 0 Å². The summed E-state index contributed by atoms with van der Waals surface area (Å²) < 4.78 is 50.0. The standard InChI is InChI=1S/C22H25NO8S/c1-28-14-4-3-5-16(9-14)32(26,27)23-13-6-7-19-17(8-13)18-10-15(11-21(25)29-2)30-20(12-24)22(18)31-19/h3-9,15,18,20,22-24H,10-12H2,1-2H3/t15-,18-,20+,22+/m1/s1. The number of ether oxygens (including phenoxy) is 4. The van der Waals surface area contributed by atoms with Gasteiger partial charge in [0.1, 0.15) is 23.7 Å². The molecule has 0 aromatic heterocycles. The Hall–Kier alpha value is -2.82. The van der Waals surface area contributed by atoms with Crippen LogP contribution in [0.1, 0.15) is 24.3 Å². The molecule has 0 radical (unpaired) electrons. The number of hydrogen-bond acceptors (Lipinski definition) is 8. The largest absolute Gasteiger partial charge is 0.497 e. The summed E-state index contributed by atoms with van der Waals surface area (Å²) in [7, 11) is -1.05. The van der Waals surface area contributed by atoms with Gasteiger partial charge in [0, 0.05) is 23.2 Å². The summed E-state index contributed by atoms with van der Waals surface area (Å²) >= 11 is 0. The van der Waals surface area contributed by atoms with Crippen molar-refractivity contribution in [1.29, 1.82) is 0 Å². The Morgan fingerprint density at radius 1 is 1.22 bits per heavy atom. The van der Waals surface area contributed by atoms with Crippen molar-refractivity contribution in [3.63, 3.8) is 0 Å². The van der Waals surface area contributed by atoms with E-state index in [4.69, 9.17) is 18.9 Å². The molecule has 2 aliphatic heterocycles. The summed E-state index contributed by atoms with van der Waals surface area (Å²) in [5.74, 6) is 0.480. The van der Waals surface area contributed by atoms with Crippen molar-refractivity contribution in [2.45, 2.75) is 42.0 Å². The molecule has 0 aliphatic carbocycles. The lowest BCUT2D eigenvalue weighted by atomic mass is 9.84. The van der Waals surface area contributed by atoms with Crippen LogP contribution >= 0.6 is 0 Å². The van der Waals surface area contributed by atoms with E-state index in [9.17, 15) is 18.3 Å². The fraction of sp³-hybridized carbons (Fsp3) is 0.409. The molecule has 0 bridgehead atoms. The van der Waals surface area contributed by atoms with E-state index < -0.39 is 34.3 Å². The average molecular weight is 464 g/mol. The first-order valence-corrected chi connectivity index (χ1v) is 11.6. The number of fused-ring (bicyclic) bond motifs is 3. The number of hydrogen-bond donors (Lipinski definition) is 2. The highest BCUT2D eigenvalue weighted by molar-refractivity contribution is 7.92. The van der Waals surface area contributed by atoms with Crippen molar-refractivity contribution in [3.05, 3.63) is 48.0 Å². The number of carbonyl (C=O) groups is 1. The van der Waals surface area contributed by atoms with Crippen molar-refractivity contribution >= 4 is 21.7 Å². The molecule has 0 spiro atoms. The number of methoxy groups -OCH3 is 2. The lowest BCUT2D eigenvalue weighted by molar-refractivity contribution is -0.156. The lowest BCUT2D eigenvalue weighted by Crippen LogP contribution is -2.46. The third-order valence-corrected chi connectivity index (χ3v) is 7.10. The minimum Gasteiger partial charge on any atom is -0.497 e. The molecule has 0 saturated carbocycles. The number of sulfonamides is 1. The molecule has 1 fully saturated rings. The fourth-order valence-electron chi connectivity index (χ4n) is 4.20. The molecule has 1 saturated heterocycles. The Kier molecular flexibility index (Phi) is 6.27. The summed E-state index contributed by atoms with van der Waals surface area (Å²) in [6.07, 6.45) is -0.919. The first kappa shape index (κ1) is 22.4. The number of aliphatic hydroxyl groups is 1. The maximum absolute atomic E-state index is 12.9. The summed E-state index contributed by atoms with van der Waals surface area (Å²) in [6, 6.07) is 11.2. The minimum absolute atomic E-state index is 0.0632. The van der Waals surface area contributed by atoms with E-state index >= 15 is 0 Å². The Bertz CT molecular complexity index is 1100. The molecule has 32 heavy (non-hydrogen) atoms. The molecule has 2 aromatic carbocycles. The summed E-state index contributed by atoms with van der Waals surface area (Å²) in [4.78, 5) is 11.8. The Morgan fingerprint density at radius 2 is 2.03 bits per heavy atom. The quantitative estimate of drug-likeness (QED) is 0.599. The summed E-state index contributed by atoms with van der Waals surface area (Å²) in [5.41, 5.74) is 1.19. The second-order valence-electron chi connectivity index (χ2n) is 7.72. The van der Waals surface area contributed by atoms with Crippen molar-refractivity contribution in [3.8, 4) is 11.5 Å². The van der Waals surface area contributed by atoms with Gasteiger partial charge >= 0.3 is 5.97 Å². The van der Waals surface area contributed by atoms with Gasteiger partial charge in [-0.15, -0.1) is 0 Å². The number of esters is 1. The zero-order valence-electron chi connectivity index (χ0n) is 17.7. The van der Waals surface area contributed by atoms with E-state index in [1.54, 1.807) is 30.3 Å². The van der Waals surface area contributed by atoms with E-state index in [1.165, 1.54) is 26.4 Å². The Balaban J connectivity index is 1.58. The van der Waals surface area contributed by atoms with Gasteiger partial charge < -0.3 is 24.1 Å². The number of carbonyl (C=O) groups excluding carboxylic acids is 1. The van der Waals surface area contributed by atoms with Gasteiger partial charge in [-0.2, -0.15) is 0 Å². The van der Waals surface area contributed by atoms with Gasteiger partial charge in [0.25, 0.3) is 10.0 Å².